The van der Waals surface area contributed by atoms with E-state index in [1.807, 2.05) is 0 Å². The predicted octanol–water partition coefficient (Wildman–Crippen LogP) is 1.41. The third kappa shape index (κ3) is 2.93. The van der Waals surface area contributed by atoms with E-state index in [2.05, 4.69) is 0 Å². The molecule has 0 aromatic heterocycles. The van der Waals surface area contributed by atoms with Gasteiger partial charge in [0.1, 0.15) is 23.7 Å². The number of carbonyl (C=O) groups is 2. The Labute approximate surface area is 108 Å². The highest BCUT2D eigenvalue weighted by molar-refractivity contribution is 5.80. The van der Waals surface area contributed by atoms with E-state index in [4.69, 9.17) is 14.9 Å². The zero-order chi connectivity index (χ0) is 14.0. The van der Waals surface area contributed by atoms with Crippen LogP contribution in [0.1, 0.15) is 6.42 Å². The van der Waals surface area contributed by atoms with Gasteiger partial charge in [-0.3, -0.25) is 4.90 Å². The first kappa shape index (κ1) is 13.1. The fourth-order valence-corrected chi connectivity index (χ4v) is 2.03. The number of rotatable bonds is 3. The van der Waals surface area contributed by atoms with E-state index in [0.717, 1.165) is 4.90 Å². The average molecular weight is 269 g/mol. The van der Waals surface area contributed by atoms with Gasteiger partial charge in [0.15, 0.2) is 0 Å². The number of benzene rings is 1. The van der Waals surface area contributed by atoms with E-state index in [-0.39, 0.29) is 13.0 Å². The van der Waals surface area contributed by atoms with Gasteiger partial charge in [-0.2, -0.15) is 0 Å². The minimum Gasteiger partial charge on any atom is -0.488 e. The molecule has 2 atom stereocenters. The molecular formula is C12H12FNO5. The smallest absolute Gasteiger partial charge is 0.408 e. The maximum atomic E-state index is 12.7. The van der Waals surface area contributed by atoms with Crippen LogP contribution in [0, 0.1) is 5.82 Å². The number of carboxylic acids is 1. The first-order valence-electron chi connectivity index (χ1n) is 5.62. The van der Waals surface area contributed by atoms with E-state index in [1.165, 1.54) is 24.3 Å². The molecule has 1 heterocycles. The van der Waals surface area contributed by atoms with Gasteiger partial charge in [-0.15, -0.1) is 0 Å². The van der Waals surface area contributed by atoms with Gasteiger partial charge in [0.25, 0.3) is 0 Å². The lowest BCUT2D eigenvalue weighted by atomic mass is 10.2. The summed E-state index contributed by atoms with van der Waals surface area (Å²) in [6.07, 6.45) is -1.78. The van der Waals surface area contributed by atoms with Crippen LogP contribution in [-0.2, 0) is 4.79 Å². The van der Waals surface area contributed by atoms with E-state index in [9.17, 15) is 14.0 Å². The van der Waals surface area contributed by atoms with Gasteiger partial charge in [-0.05, 0) is 24.3 Å². The fraction of sp³-hybridized carbons (Fsp3) is 0.333. The summed E-state index contributed by atoms with van der Waals surface area (Å²) in [5.41, 5.74) is 0. The number of carboxylic acid groups (broad SMARTS) is 2. The van der Waals surface area contributed by atoms with Crippen molar-refractivity contribution in [1.29, 1.82) is 0 Å². The van der Waals surface area contributed by atoms with Gasteiger partial charge in [0.05, 0.1) is 6.54 Å². The van der Waals surface area contributed by atoms with Crippen molar-refractivity contribution in [3.63, 3.8) is 0 Å². The molecule has 0 saturated carbocycles. The van der Waals surface area contributed by atoms with Crippen molar-refractivity contribution in [1.82, 2.24) is 4.90 Å². The lowest BCUT2D eigenvalue weighted by Gasteiger charge is -2.16. The Morgan fingerprint density at radius 1 is 1.26 bits per heavy atom. The van der Waals surface area contributed by atoms with Crippen LogP contribution >= 0.6 is 0 Å². The zero-order valence-corrected chi connectivity index (χ0v) is 9.82. The first-order chi connectivity index (χ1) is 8.97. The summed E-state index contributed by atoms with van der Waals surface area (Å²) in [5.74, 6) is -1.23. The van der Waals surface area contributed by atoms with Crippen molar-refractivity contribution in [3.8, 4) is 5.75 Å². The molecule has 1 aliphatic heterocycles. The Kier molecular flexibility index (Phi) is 3.55. The summed E-state index contributed by atoms with van der Waals surface area (Å²) >= 11 is 0. The van der Waals surface area contributed by atoms with Crippen LogP contribution < -0.4 is 4.74 Å². The Morgan fingerprint density at radius 3 is 2.37 bits per heavy atom. The molecule has 0 unspecified atom stereocenters. The zero-order valence-electron chi connectivity index (χ0n) is 9.82. The van der Waals surface area contributed by atoms with Crippen molar-refractivity contribution in [2.75, 3.05) is 6.54 Å². The Balaban J connectivity index is 2.05. The Hall–Kier alpha value is -2.31. The number of hydrogen-bond acceptors (Lipinski definition) is 3. The standard InChI is InChI=1S/C12H12FNO5/c13-7-1-3-8(4-2-7)19-9-5-10(11(15)16)14(6-9)12(17)18/h1-4,9-10H,5-6H2,(H,15,16)(H,17,18)/t9-,10+/m1/s1. The topological polar surface area (TPSA) is 87.1 Å². The summed E-state index contributed by atoms with van der Waals surface area (Å²) < 4.78 is 18.2. The SMILES string of the molecule is O=C(O)[C@@H]1C[C@@H](Oc2ccc(F)cc2)CN1C(=O)O. The highest BCUT2D eigenvalue weighted by Gasteiger charge is 2.40. The van der Waals surface area contributed by atoms with Gasteiger partial charge < -0.3 is 14.9 Å². The largest absolute Gasteiger partial charge is 0.488 e. The summed E-state index contributed by atoms with van der Waals surface area (Å²) in [7, 11) is 0. The lowest BCUT2D eigenvalue weighted by Crippen LogP contribution is -2.39. The second-order valence-corrected chi connectivity index (χ2v) is 4.22. The molecule has 1 aromatic carbocycles. The number of likely N-dealkylation sites (tertiary alicyclic amines) is 1. The van der Waals surface area contributed by atoms with Gasteiger partial charge in [0, 0.05) is 6.42 Å². The van der Waals surface area contributed by atoms with E-state index in [0.29, 0.717) is 5.75 Å². The maximum Gasteiger partial charge on any atom is 0.408 e. The van der Waals surface area contributed by atoms with Crippen molar-refractivity contribution in [3.05, 3.63) is 30.1 Å². The van der Waals surface area contributed by atoms with Gasteiger partial charge in [-0.1, -0.05) is 0 Å². The molecule has 1 saturated heterocycles. The van der Waals surface area contributed by atoms with Gasteiger partial charge in [0.2, 0.25) is 0 Å². The van der Waals surface area contributed by atoms with Gasteiger partial charge in [-0.25, -0.2) is 14.0 Å². The van der Waals surface area contributed by atoms with Crippen molar-refractivity contribution in [2.24, 2.45) is 0 Å². The lowest BCUT2D eigenvalue weighted by molar-refractivity contribution is -0.141. The van der Waals surface area contributed by atoms with Crippen LogP contribution in [0.2, 0.25) is 0 Å². The molecule has 102 valence electrons. The molecule has 7 heteroatoms. The highest BCUT2D eigenvalue weighted by Crippen LogP contribution is 2.23. The third-order valence-corrected chi connectivity index (χ3v) is 2.91. The van der Waals surface area contributed by atoms with E-state index >= 15 is 0 Å². The molecule has 1 fully saturated rings. The second-order valence-electron chi connectivity index (χ2n) is 4.22. The number of nitrogens with zero attached hydrogens (tertiary/aromatic N) is 1. The number of halogens is 1. The van der Waals surface area contributed by atoms with Crippen molar-refractivity contribution >= 4 is 12.1 Å². The summed E-state index contributed by atoms with van der Waals surface area (Å²) in [4.78, 5) is 22.7. The Bertz CT molecular complexity index is 467. The average Bonchev–Trinajstić information content (AvgIpc) is 2.76. The molecule has 1 amide bonds. The molecule has 0 radical (unpaired) electrons. The molecule has 2 rings (SSSR count). The summed E-state index contributed by atoms with van der Waals surface area (Å²) in [6, 6.07) is 4.15. The minimum absolute atomic E-state index is 0.0241. The minimum atomic E-state index is -1.29. The van der Waals surface area contributed by atoms with E-state index in [1.54, 1.807) is 0 Å². The van der Waals surface area contributed by atoms with E-state index < -0.39 is 30.0 Å². The molecule has 6 nitrogen and oxygen atoms in total. The molecule has 2 N–H and O–H groups in total. The summed E-state index contributed by atoms with van der Waals surface area (Å²) in [6.45, 7) is -0.0241. The van der Waals surface area contributed by atoms with Crippen LogP contribution in [0.15, 0.2) is 24.3 Å². The van der Waals surface area contributed by atoms with Crippen LogP contribution in [0.25, 0.3) is 0 Å². The molecule has 0 aliphatic carbocycles. The van der Waals surface area contributed by atoms with Gasteiger partial charge >= 0.3 is 12.1 Å². The number of amides is 1. The van der Waals surface area contributed by atoms with Crippen LogP contribution in [0.4, 0.5) is 9.18 Å². The normalized spacial score (nSPS) is 22.3. The fourth-order valence-electron chi connectivity index (χ4n) is 2.03. The van der Waals surface area contributed by atoms with Crippen molar-refractivity contribution in [2.45, 2.75) is 18.6 Å². The molecule has 0 spiro atoms. The number of ether oxygens (including phenoxy) is 1. The highest BCUT2D eigenvalue weighted by atomic mass is 19.1. The summed E-state index contributed by atoms with van der Waals surface area (Å²) in [5, 5.41) is 17.9. The van der Waals surface area contributed by atoms with Crippen LogP contribution in [0.3, 0.4) is 0 Å². The van der Waals surface area contributed by atoms with Crippen LogP contribution in [0.5, 0.6) is 5.75 Å². The third-order valence-electron chi connectivity index (χ3n) is 2.91. The predicted molar refractivity (Wildman–Crippen MR) is 61.6 cm³/mol. The maximum absolute atomic E-state index is 12.7. The first-order valence-corrected chi connectivity index (χ1v) is 5.62. The molecule has 1 aliphatic rings. The molecule has 19 heavy (non-hydrogen) atoms. The monoisotopic (exact) mass is 269 g/mol. The number of hydrogen-bond donors (Lipinski definition) is 2. The quantitative estimate of drug-likeness (QED) is 0.866. The molecule has 1 aromatic rings. The Morgan fingerprint density at radius 2 is 1.89 bits per heavy atom. The second kappa shape index (κ2) is 5.13. The van der Waals surface area contributed by atoms with Crippen molar-refractivity contribution < 1.29 is 28.9 Å². The number of aliphatic carboxylic acids is 1. The molecule has 0 bridgehead atoms. The van der Waals surface area contributed by atoms with Crippen LogP contribution in [-0.4, -0.2) is 45.9 Å². The molecular weight excluding hydrogens is 257 g/mol.